The van der Waals surface area contributed by atoms with Crippen LogP contribution >= 0.6 is 0 Å². The Bertz CT molecular complexity index is 502. The van der Waals surface area contributed by atoms with Crippen LogP contribution in [0, 0.1) is 6.58 Å². The number of unbranched alkanes of at least 4 members (excludes halogenated alkanes) is 4. The molecular formula is C24H31. The van der Waals surface area contributed by atoms with Gasteiger partial charge in [0, 0.05) is 0 Å². The van der Waals surface area contributed by atoms with Crippen LogP contribution in [-0.4, -0.2) is 0 Å². The normalized spacial score (nSPS) is 13.7. The summed E-state index contributed by atoms with van der Waals surface area (Å²) in [7, 11) is 0. The Kier molecular flexibility index (Phi) is 18.6. The van der Waals surface area contributed by atoms with E-state index in [2.05, 4.69) is 25.2 Å². The lowest BCUT2D eigenvalue weighted by Crippen LogP contribution is -1.72. The van der Waals surface area contributed by atoms with Crippen molar-refractivity contribution in [3.63, 3.8) is 0 Å². The third-order valence-corrected chi connectivity index (χ3v) is 3.03. The molecule has 0 heteroatoms. The predicted molar refractivity (Wildman–Crippen MR) is 111 cm³/mol. The molecule has 0 saturated carbocycles. The second-order valence-electron chi connectivity index (χ2n) is 5.16. The largest absolute Gasteiger partial charge is 0.0845 e. The fraction of sp³-hybridized carbons (Fsp3) is 0.250. The fourth-order valence-electron chi connectivity index (χ4n) is 1.76. The number of hydrogen-bond acceptors (Lipinski definition) is 0. The first kappa shape index (κ1) is 21.7. The van der Waals surface area contributed by atoms with E-state index in [1.165, 1.54) is 38.2 Å². The van der Waals surface area contributed by atoms with Crippen LogP contribution in [0.2, 0.25) is 0 Å². The van der Waals surface area contributed by atoms with Gasteiger partial charge in [-0.3, -0.25) is 0 Å². The van der Waals surface area contributed by atoms with E-state index >= 15 is 0 Å². The van der Waals surface area contributed by atoms with E-state index in [1.54, 1.807) is 6.08 Å². The molecule has 0 rings (SSSR count). The smallest absolute Gasteiger partial charge is 0.0348 e. The summed E-state index contributed by atoms with van der Waals surface area (Å²) in [5.74, 6) is 0. The molecule has 0 heterocycles. The Morgan fingerprint density at radius 2 is 0.917 bits per heavy atom. The van der Waals surface area contributed by atoms with Gasteiger partial charge in [-0.1, -0.05) is 136 Å². The van der Waals surface area contributed by atoms with Gasteiger partial charge >= 0.3 is 0 Å². The minimum atomic E-state index is 1.18. The second kappa shape index (κ2) is 20.7. The second-order valence-corrected chi connectivity index (χ2v) is 5.16. The van der Waals surface area contributed by atoms with Crippen molar-refractivity contribution in [3.8, 4) is 0 Å². The maximum Gasteiger partial charge on any atom is -0.0348 e. The monoisotopic (exact) mass is 319 g/mol. The van der Waals surface area contributed by atoms with Crippen LogP contribution in [0.15, 0.2) is 103 Å². The molecule has 0 aliphatic heterocycles. The molecule has 0 N–H and O–H groups in total. The van der Waals surface area contributed by atoms with Gasteiger partial charge in [-0.05, 0) is 12.8 Å². The average Bonchev–Trinajstić information content (AvgIpc) is 2.60. The lowest BCUT2D eigenvalue weighted by atomic mass is 10.1. The van der Waals surface area contributed by atoms with E-state index in [4.69, 9.17) is 6.58 Å². The fourth-order valence-corrected chi connectivity index (χ4v) is 1.76. The van der Waals surface area contributed by atoms with Gasteiger partial charge in [0.05, 0.1) is 0 Å². The highest BCUT2D eigenvalue weighted by Gasteiger charge is 1.82. The zero-order valence-corrected chi connectivity index (χ0v) is 14.9. The summed E-state index contributed by atoms with van der Waals surface area (Å²) in [6.07, 6.45) is 40.0. The Labute approximate surface area is 149 Å². The van der Waals surface area contributed by atoms with Crippen molar-refractivity contribution in [1.29, 1.82) is 0 Å². The van der Waals surface area contributed by atoms with Crippen LogP contribution < -0.4 is 0 Å². The summed E-state index contributed by atoms with van der Waals surface area (Å²) in [6.45, 7) is 7.46. The van der Waals surface area contributed by atoms with Gasteiger partial charge < -0.3 is 0 Å². The maximum absolute atomic E-state index is 5.21. The van der Waals surface area contributed by atoms with Crippen LogP contribution in [0.25, 0.3) is 0 Å². The number of allylic oxidation sites excluding steroid dienone is 17. The first-order chi connectivity index (χ1) is 11.9. The molecule has 0 aromatic rings. The topological polar surface area (TPSA) is 0 Å². The molecule has 0 nitrogen and oxygen atoms in total. The Hall–Kier alpha value is -2.34. The molecule has 0 saturated heterocycles. The summed E-state index contributed by atoms with van der Waals surface area (Å²) in [5, 5.41) is 0. The molecule has 0 amide bonds. The van der Waals surface area contributed by atoms with Crippen molar-refractivity contribution in [2.75, 3.05) is 0 Å². The summed E-state index contributed by atoms with van der Waals surface area (Å²) in [6, 6.07) is 0. The first-order valence-electron chi connectivity index (χ1n) is 8.78. The molecule has 0 aromatic carbocycles. The molecule has 0 spiro atoms. The minimum Gasteiger partial charge on any atom is -0.0845 e. The molecule has 0 aliphatic rings. The zero-order chi connectivity index (χ0) is 17.6. The Balaban J connectivity index is 3.74. The lowest BCUT2D eigenvalue weighted by Gasteiger charge is -1.92. The highest BCUT2D eigenvalue weighted by Crippen LogP contribution is 2.02. The molecule has 0 unspecified atom stereocenters. The Morgan fingerprint density at radius 3 is 1.33 bits per heavy atom. The molecule has 0 atom stereocenters. The van der Waals surface area contributed by atoms with Gasteiger partial charge in [-0.25, -0.2) is 0 Å². The zero-order valence-electron chi connectivity index (χ0n) is 14.9. The first-order valence-corrected chi connectivity index (χ1v) is 8.78. The van der Waals surface area contributed by atoms with Crippen molar-refractivity contribution >= 4 is 0 Å². The van der Waals surface area contributed by atoms with Gasteiger partial charge in [0.25, 0.3) is 0 Å². The van der Waals surface area contributed by atoms with Gasteiger partial charge in [0.2, 0.25) is 0 Å². The predicted octanol–water partition coefficient (Wildman–Crippen LogP) is 7.40. The molecule has 0 aromatic heterocycles. The summed E-state index contributed by atoms with van der Waals surface area (Å²) in [4.78, 5) is 0. The molecule has 0 fully saturated rings. The van der Waals surface area contributed by atoms with Crippen molar-refractivity contribution in [3.05, 3.63) is 110 Å². The van der Waals surface area contributed by atoms with E-state index in [-0.39, 0.29) is 0 Å². The van der Waals surface area contributed by atoms with Crippen LogP contribution in [0.5, 0.6) is 0 Å². The molecular weight excluding hydrogens is 288 g/mol. The molecule has 1 radical (unpaired) electrons. The summed E-state index contributed by atoms with van der Waals surface area (Å²) in [5.41, 5.74) is 0. The molecule has 0 aliphatic carbocycles. The highest BCUT2D eigenvalue weighted by atomic mass is 13.9. The van der Waals surface area contributed by atoms with Crippen molar-refractivity contribution in [2.24, 2.45) is 0 Å². The quantitative estimate of drug-likeness (QED) is 0.245. The van der Waals surface area contributed by atoms with Gasteiger partial charge in [0.15, 0.2) is 0 Å². The number of hydrogen-bond donors (Lipinski definition) is 0. The number of rotatable bonds is 13. The summed E-state index contributed by atoms with van der Waals surface area (Å²) < 4.78 is 0. The van der Waals surface area contributed by atoms with E-state index in [0.29, 0.717) is 0 Å². The average molecular weight is 320 g/mol. The van der Waals surface area contributed by atoms with Crippen LogP contribution in [0.4, 0.5) is 0 Å². The van der Waals surface area contributed by atoms with Crippen LogP contribution in [0.3, 0.4) is 0 Å². The lowest BCUT2D eigenvalue weighted by molar-refractivity contribution is 0.674. The van der Waals surface area contributed by atoms with Gasteiger partial charge in [-0.15, -0.1) is 0 Å². The maximum atomic E-state index is 5.21. The van der Waals surface area contributed by atoms with Crippen molar-refractivity contribution < 1.29 is 0 Å². The van der Waals surface area contributed by atoms with E-state index in [9.17, 15) is 0 Å². The van der Waals surface area contributed by atoms with E-state index in [1.807, 2.05) is 72.9 Å². The summed E-state index contributed by atoms with van der Waals surface area (Å²) >= 11 is 0. The third-order valence-electron chi connectivity index (χ3n) is 3.03. The van der Waals surface area contributed by atoms with Gasteiger partial charge in [-0.2, -0.15) is 0 Å². The van der Waals surface area contributed by atoms with Crippen LogP contribution in [-0.2, 0) is 0 Å². The highest BCUT2D eigenvalue weighted by molar-refractivity contribution is 5.21. The molecule has 127 valence electrons. The Morgan fingerprint density at radius 1 is 0.500 bits per heavy atom. The van der Waals surface area contributed by atoms with E-state index in [0.717, 1.165) is 0 Å². The van der Waals surface area contributed by atoms with Gasteiger partial charge in [0.1, 0.15) is 0 Å². The molecule has 0 bridgehead atoms. The minimum absolute atomic E-state index is 1.18. The van der Waals surface area contributed by atoms with Crippen molar-refractivity contribution in [2.45, 2.75) is 39.0 Å². The standard InChI is InChI=1S/C24H31/c1-3-5-7-9-11-13-15-17-19-21-23-24-22-20-18-16-14-12-10-8-6-4-2/h1,3,5,7,9,11,13-24H,4,6,8,10,12H2,2H3. The molecule has 24 heavy (non-hydrogen) atoms. The van der Waals surface area contributed by atoms with Crippen LogP contribution in [0.1, 0.15) is 39.0 Å². The van der Waals surface area contributed by atoms with E-state index < -0.39 is 0 Å². The van der Waals surface area contributed by atoms with Crippen molar-refractivity contribution in [1.82, 2.24) is 0 Å². The SMILES string of the molecule is [CH]=CC=CC=CC=CC=CC=CC=CC=CC=CCCCCCC. The third kappa shape index (κ3) is 19.7.